The number of rotatable bonds is 7. The first-order valence-corrected chi connectivity index (χ1v) is 6.48. The van der Waals surface area contributed by atoms with E-state index in [0.29, 0.717) is 26.0 Å². The summed E-state index contributed by atoms with van der Waals surface area (Å²) in [5.74, 6) is 0. The number of benzene rings is 1. The molecule has 0 radical (unpaired) electrons. The van der Waals surface area contributed by atoms with Crippen molar-refractivity contribution in [1.82, 2.24) is 0 Å². The number of aryl methyl sites for hydroxylation is 2. The van der Waals surface area contributed by atoms with Crippen LogP contribution in [0.1, 0.15) is 29.5 Å². The Balaban J connectivity index is 2.81. The lowest BCUT2D eigenvalue weighted by Gasteiger charge is -2.27. The molecule has 102 valence electrons. The molecule has 0 amide bonds. The molecule has 1 aromatic carbocycles. The van der Waals surface area contributed by atoms with Gasteiger partial charge in [0.2, 0.25) is 0 Å². The zero-order valence-corrected chi connectivity index (χ0v) is 11.7. The molecule has 18 heavy (non-hydrogen) atoms. The third-order valence-electron chi connectivity index (χ3n) is 3.07. The number of ether oxygens (including phenoxy) is 1. The second-order valence-electron chi connectivity index (χ2n) is 5.22. The summed E-state index contributed by atoms with van der Waals surface area (Å²) in [4.78, 5) is 0. The van der Waals surface area contributed by atoms with Crippen LogP contribution in [0, 0.1) is 13.8 Å². The molecule has 1 aromatic rings. The summed E-state index contributed by atoms with van der Waals surface area (Å²) in [5, 5.41) is 10.6. The van der Waals surface area contributed by atoms with Crippen LogP contribution in [0.4, 0.5) is 0 Å². The quantitative estimate of drug-likeness (QED) is 0.779. The van der Waals surface area contributed by atoms with Crippen LogP contribution in [0.5, 0.6) is 0 Å². The van der Waals surface area contributed by atoms with Crippen LogP contribution in [0.25, 0.3) is 0 Å². The largest absolute Gasteiger partial charge is 0.387 e. The SMILES string of the molecule is COCC(O)(CCCN)Cc1cc(C)cc(C)c1. The van der Waals surface area contributed by atoms with Gasteiger partial charge in [-0.15, -0.1) is 0 Å². The second-order valence-corrected chi connectivity index (χ2v) is 5.22. The fourth-order valence-corrected chi connectivity index (χ4v) is 2.46. The molecule has 0 aromatic heterocycles. The highest BCUT2D eigenvalue weighted by Crippen LogP contribution is 2.21. The van der Waals surface area contributed by atoms with Crippen molar-refractivity contribution >= 4 is 0 Å². The Labute approximate surface area is 110 Å². The predicted octanol–water partition coefficient (Wildman–Crippen LogP) is 1.96. The van der Waals surface area contributed by atoms with E-state index in [1.165, 1.54) is 11.1 Å². The van der Waals surface area contributed by atoms with E-state index in [-0.39, 0.29) is 0 Å². The van der Waals surface area contributed by atoms with Crippen LogP contribution >= 0.6 is 0 Å². The van der Waals surface area contributed by atoms with Gasteiger partial charge in [0.15, 0.2) is 0 Å². The summed E-state index contributed by atoms with van der Waals surface area (Å²) in [6.07, 6.45) is 2.10. The smallest absolute Gasteiger partial charge is 0.0920 e. The minimum Gasteiger partial charge on any atom is -0.387 e. The van der Waals surface area contributed by atoms with Gasteiger partial charge in [0.1, 0.15) is 0 Å². The summed E-state index contributed by atoms with van der Waals surface area (Å²) < 4.78 is 5.15. The molecule has 1 atom stereocenters. The van der Waals surface area contributed by atoms with Crippen molar-refractivity contribution in [2.24, 2.45) is 5.73 Å². The van der Waals surface area contributed by atoms with Gasteiger partial charge in [-0.1, -0.05) is 29.3 Å². The van der Waals surface area contributed by atoms with Crippen molar-refractivity contribution in [3.8, 4) is 0 Å². The summed E-state index contributed by atoms with van der Waals surface area (Å²) in [5.41, 5.74) is 8.32. The molecule has 0 aliphatic carbocycles. The first-order valence-electron chi connectivity index (χ1n) is 6.48. The molecule has 0 saturated heterocycles. The van der Waals surface area contributed by atoms with Crippen LogP contribution in [-0.2, 0) is 11.2 Å². The lowest BCUT2D eigenvalue weighted by molar-refractivity contribution is -0.0375. The predicted molar refractivity (Wildman–Crippen MR) is 74.7 cm³/mol. The van der Waals surface area contributed by atoms with Crippen molar-refractivity contribution in [1.29, 1.82) is 0 Å². The molecule has 0 heterocycles. The van der Waals surface area contributed by atoms with Crippen LogP contribution < -0.4 is 5.73 Å². The van der Waals surface area contributed by atoms with Gasteiger partial charge >= 0.3 is 0 Å². The fourth-order valence-electron chi connectivity index (χ4n) is 2.46. The standard InChI is InChI=1S/C15H25NO2/c1-12-7-13(2)9-14(8-12)10-15(17,11-18-3)5-4-6-16/h7-9,17H,4-6,10-11,16H2,1-3H3. The molecule has 3 N–H and O–H groups in total. The number of aliphatic hydroxyl groups is 1. The van der Waals surface area contributed by atoms with E-state index in [4.69, 9.17) is 10.5 Å². The van der Waals surface area contributed by atoms with E-state index in [1.54, 1.807) is 7.11 Å². The van der Waals surface area contributed by atoms with E-state index >= 15 is 0 Å². The van der Waals surface area contributed by atoms with Crippen molar-refractivity contribution in [3.63, 3.8) is 0 Å². The zero-order valence-electron chi connectivity index (χ0n) is 11.7. The first kappa shape index (κ1) is 15.2. The molecule has 0 aliphatic heterocycles. The van der Waals surface area contributed by atoms with Crippen LogP contribution in [0.15, 0.2) is 18.2 Å². The third-order valence-corrected chi connectivity index (χ3v) is 3.07. The van der Waals surface area contributed by atoms with Gasteiger partial charge in [0.05, 0.1) is 12.2 Å². The Hall–Kier alpha value is -0.900. The summed E-state index contributed by atoms with van der Waals surface area (Å²) in [6, 6.07) is 6.38. The average Bonchev–Trinajstić information content (AvgIpc) is 2.25. The summed E-state index contributed by atoms with van der Waals surface area (Å²) >= 11 is 0. The second kappa shape index (κ2) is 6.88. The summed E-state index contributed by atoms with van der Waals surface area (Å²) in [7, 11) is 1.62. The fraction of sp³-hybridized carbons (Fsp3) is 0.600. The van der Waals surface area contributed by atoms with Crippen LogP contribution in [0.3, 0.4) is 0 Å². The van der Waals surface area contributed by atoms with E-state index in [2.05, 4.69) is 32.0 Å². The molecule has 0 aliphatic rings. The number of hydrogen-bond donors (Lipinski definition) is 2. The normalized spacial score (nSPS) is 14.5. The van der Waals surface area contributed by atoms with Crippen molar-refractivity contribution in [2.45, 2.75) is 38.7 Å². The molecule has 3 heteroatoms. The van der Waals surface area contributed by atoms with Gasteiger partial charge in [0.25, 0.3) is 0 Å². The van der Waals surface area contributed by atoms with Crippen molar-refractivity contribution < 1.29 is 9.84 Å². The molecule has 1 rings (SSSR count). The Bertz CT molecular complexity index is 359. The molecular formula is C15H25NO2. The van der Waals surface area contributed by atoms with Gasteiger partial charge in [-0.25, -0.2) is 0 Å². The minimum atomic E-state index is -0.811. The van der Waals surface area contributed by atoms with Crippen LogP contribution in [-0.4, -0.2) is 31.0 Å². The summed E-state index contributed by atoms with van der Waals surface area (Å²) in [6.45, 7) is 5.09. The van der Waals surface area contributed by atoms with Crippen molar-refractivity contribution in [3.05, 3.63) is 34.9 Å². The molecule has 1 unspecified atom stereocenters. The monoisotopic (exact) mass is 251 g/mol. The lowest BCUT2D eigenvalue weighted by Crippen LogP contribution is -2.37. The molecule has 0 saturated carbocycles. The van der Waals surface area contributed by atoms with Gasteiger partial charge in [-0.3, -0.25) is 0 Å². The van der Waals surface area contributed by atoms with Crippen LogP contribution in [0.2, 0.25) is 0 Å². The van der Waals surface area contributed by atoms with Gasteiger partial charge in [-0.05, 0) is 38.8 Å². The highest BCUT2D eigenvalue weighted by molar-refractivity contribution is 5.29. The first-order chi connectivity index (χ1) is 8.49. The van der Waals surface area contributed by atoms with Gasteiger partial charge < -0.3 is 15.6 Å². The maximum atomic E-state index is 10.6. The topological polar surface area (TPSA) is 55.5 Å². The highest BCUT2D eigenvalue weighted by Gasteiger charge is 2.26. The van der Waals surface area contributed by atoms with Gasteiger partial charge in [-0.2, -0.15) is 0 Å². The molecule has 0 spiro atoms. The molecule has 3 nitrogen and oxygen atoms in total. The number of nitrogens with two attached hydrogens (primary N) is 1. The van der Waals surface area contributed by atoms with E-state index in [9.17, 15) is 5.11 Å². The Morgan fingerprint density at radius 3 is 2.33 bits per heavy atom. The van der Waals surface area contributed by atoms with Gasteiger partial charge in [0, 0.05) is 13.5 Å². The van der Waals surface area contributed by atoms with E-state index < -0.39 is 5.60 Å². The maximum absolute atomic E-state index is 10.6. The Morgan fingerprint density at radius 2 is 1.83 bits per heavy atom. The number of methoxy groups -OCH3 is 1. The Morgan fingerprint density at radius 1 is 1.22 bits per heavy atom. The van der Waals surface area contributed by atoms with E-state index in [0.717, 1.165) is 12.0 Å². The average molecular weight is 251 g/mol. The number of hydrogen-bond acceptors (Lipinski definition) is 3. The minimum absolute atomic E-state index is 0.347. The molecular weight excluding hydrogens is 226 g/mol. The molecule has 0 bridgehead atoms. The third kappa shape index (κ3) is 4.77. The lowest BCUT2D eigenvalue weighted by atomic mass is 9.89. The Kier molecular flexibility index (Phi) is 5.79. The van der Waals surface area contributed by atoms with Crippen molar-refractivity contribution in [2.75, 3.05) is 20.3 Å². The zero-order chi connectivity index (χ0) is 13.6. The van der Waals surface area contributed by atoms with E-state index in [1.807, 2.05) is 0 Å². The highest BCUT2D eigenvalue weighted by atomic mass is 16.5. The molecule has 0 fully saturated rings. The maximum Gasteiger partial charge on any atom is 0.0920 e.